The number of rotatable bonds is 7. The molecule has 1 atom stereocenters. The van der Waals surface area contributed by atoms with E-state index >= 15 is 0 Å². The number of carbonyl (C=O) groups is 1. The van der Waals surface area contributed by atoms with E-state index in [0.29, 0.717) is 12.2 Å². The third kappa shape index (κ3) is 4.74. The molecule has 0 saturated heterocycles. The minimum Gasteiger partial charge on any atom is -0.305 e. The number of hydrogen-bond donors (Lipinski definition) is 0. The zero-order chi connectivity index (χ0) is 13.5. The standard InChI is InChI=1S/C13H19FN2OS/c1-10(9-16(2)6-7-18-3)13(17)12-5-4-11(14)8-15-12/h4-5,8,10H,6-7,9H2,1-3H3. The molecule has 0 saturated carbocycles. The van der Waals surface area contributed by atoms with Crippen molar-refractivity contribution in [2.75, 3.05) is 32.1 Å². The van der Waals surface area contributed by atoms with Crippen LogP contribution in [-0.2, 0) is 0 Å². The van der Waals surface area contributed by atoms with Gasteiger partial charge in [-0.25, -0.2) is 4.39 Å². The lowest BCUT2D eigenvalue weighted by molar-refractivity contribution is 0.0900. The van der Waals surface area contributed by atoms with Gasteiger partial charge in [0.2, 0.25) is 0 Å². The van der Waals surface area contributed by atoms with Crippen LogP contribution in [0, 0.1) is 11.7 Å². The van der Waals surface area contributed by atoms with Gasteiger partial charge < -0.3 is 4.90 Å². The van der Waals surface area contributed by atoms with E-state index in [9.17, 15) is 9.18 Å². The number of carbonyl (C=O) groups excluding carboxylic acids is 1. The maximum Gasteiger partial charge on any atom is 0.185 e. The Kier molecular flexibility index (Phi) is 6.29. The molecule has 1 unspecified atom stereocenters. The van der Waals surface area contributed by atoms with Crippen molar-refractivity contribution < 1.29 is 9.18 Å². The summed E-state index contributed by atoms with van der Waals surface area (Å²) < 4.78 is 12.7. The van der Waals surface area contributed by atoms with Gasteiger partial charge in [-0.1, -0.05) is 6.92 Å². The summed E-state index contributed by atoms with van der Waals surface area (Å²) in [5, 5.41) is 0. The lowest BCUT2D eigenvalue weighted by atomic mass is 10.0. The van der Waals surface area contributed by atoms with Crippen molar-refractivity contribution in [3.05, 3.63) is 29.8 Å². The van der Waals surface area contributed by atoms with E-state index in [0.717, 1.165) is 18.5 Å². The van der Waals surface area contributed by atoms with E-state index < -0.39 is 5.82 Å². The van der Waals surface area contributed by atoms with E-state index in [1.165, 1.54) is 12.1 Å². The number of nitrogens with zero attached hydrogens (tertiary/aromatic N) is 2. The van der Waals surface area contributed by atoms with Crippen molar-refractivity contribution in [2.24, 2.45) is 5.92 Å². The molecular formula is C13H19FN2OS. The Morgan fingerprint density at radius 2 is 2.28 bits per heavy atom. The van der Waals surface area contributed by atoms with E-state index in [4.69, 9.17) is 0 Å². The Labute approximate surface area is 112 Å². The van der Waals surface area contributed by atoms with Crippen LogP contribution in [0.1, 0.15) is 17.4 Å². The maximum atomic E-state index is 12.7. The summed E-state index contributed by atoms with van der Waals surface area (Å²) in [6, 6.07) is 2.71. The number of thioether (sulfide) groups is 1. The summed E-state index contributed by atoms with van der Waals surface area (Å²) in [6.45, 7) is 3.52. The van der Waals surface area contributed by atoms with Gasteiger partial charge >= 0.3 is 0 Å². The first-order valence-corrected chi connectivity index (χ1v) is 7.27. The second kappa shape index (κ2) is 7.48. The molecule has 3 nitrogen and oxygen atoms in total. The average molecular weight is 270 g/mol. The number of hydrogen-bond acceptors (Lipinski definition) is 4. The minimum absolute atomic E-state index is 0.0361. The number of ketones is 1. The summed E-state index contributed by atoms with van der Waals surface area (Å²) in [7, 11) is 2.00. The van der Waals surface area contributed by atoms with Gasteiger partial charge in [0.15, 0.2) is 5.78 Å². The minimum atomic E-state index is -0.420. The van der Waals surface area contributed by atoms with E-state index in [1.54, 1.807) is 11.8 Å². The van der Waals surface area contributed by atoms with Crippen LogP contribution < -0.4 is 0 Å². The van der Waals surface area contributed by atoms with Crippen molar-refractivity contribution in [2.45, 2.75) is 6.92 Å². The molecule has 18 heavy (non-hydrogen) atoms. The van der Waals surface area contributed by atoms with Crippen LogP contribution >= 0.6 is 11.8 Å². The van der Waals surface area contributed by atoms with Crippen molar-refractivity contribution in [1.29, 1.82) is 0 Å². The Morgan fingerprint density at radius 1 is 1.56 bits per heavy atom. The van der Waals surface area contributed by atoms with E-state index in [1.807, 2.05) is 14.0 Å². The zero-order valence-corrected chi connectivity index (χ0v) is 11.8. The SMILES string of the molecule is CSCCN(C)CC(C)C(=O)c1ccc(F)cn1. The third-order valence-corrected chi connectivity index (χ3v) is 3.28. The number of pyridine rings is 1. The normalized spacial score (nSPS) is 12.7. The topological polar surface area (TPSA) is 33.2 Å². The Morgan fingerprint density at radius 3 is 2.83 bits per heavy atom. The number of Topliss-reactive ketones (excluding diaryl/α,β-unsaturated/α-hetero) is 1. The van der Waals surface area contributed by atoms with Crippen molar-refractivity contribution in [1.82, 2.24) is 9.88 Å². The predicted molar refractivity (Wildman–Crippen MR) is 73.6 cm³/mol. The molecule has 0 aliphatic heterocycles. The van der Waals surface area contributed by atoms with Gasteiger partial charge in [0.05, 0.1) is 6.20 Å². The predicted octanol–water partition coefficient (Wildman–Crippen LogP) is 2.33. The van der Waals surface area contributed by atoms with E-state index in [2.05, 4.69) is 16.1 Å². The van der Waals surface area contributed by atoms with Crippen molar-refractivity contribution in [3.8, 4) is 0 Å². The van der Waals surface area contributed by atoms with Gasteiger partial charge in [-0.15, -0.1) is 0 Å². The van der Waals surface area contributed by atoms with Crippen LogP contribution in [0.3, 0.4) is 0 Å². The molecule has 0 spiro atoms. The summed E-state index contributed by atoms with van der Waals surface area (Å²) >= 11 is 1.78. The summed E-state index contributed by atoms with van der Waals surface area (Å²) in [5.41, 5.74) is 0.335. The first-order chi connectivity index (χ1) is 8.54. The Balaban J connectivity index is 2.53. The molecule has 0 aliphatic rings. The quantitative estimate of drug-likeness (QED) is 0.712. The molecule has 0 aliphatic carbocycles. The number of aromatic nitrogens is 1. The fourth-order valence-corrected chi connectivity index (χ4v) is 2.16. The molecule has 1 heterocycles. The van der Waals surface area contributed by atoms with Gasteiger partial charge in [-0.05, 0) is 25.4 Å². The third-order valence-electron chi connectivity index (χ3n) is 2.69. The van der Waals surface area contributed by atoms with Gasteiger partial charge in [0.25, 0.3) is 0 Å². The fourth-order valence-electron chi connectivity index (χ4n) is 1.66. The van der Waals surface area contributed by atoms with Crippen LogP contribution in [0.15, 0.2) is 18.3 Å². The zero-order valence-electron chi connectivity index (χ0n) is 11.0. The van der Waals surface area contributed by atoms with Crippen LogP contribution in [0.2, 0.25) is 0 Å². The summed E-state index contributed by atoms with van der Waals surface area (Å²) in [5.74, 6) is 0.462. The van der Waals surface area contributed by atoms with Crippen LogP contribution in [0.5, 0.6) is 0 Å². The molecule has 0 amide bonds. The largest absolute Gasteiger partial charge is 0.305 e. The fraction of sp³-hybridized carbons (Fsp3) is 0.538. The molecule has 1 aromatic rings. The smallest absolute Gasteiger partial charge is 0.185 e. The lowest BCUT2D eigenvalue weighted by Gasteiger charge is -2.19. The molecule has 0 N–H and O–H groups in total. The molecule has 0 fully saturated rings. The highest BCUT2D eigenvalue weighted by Crippen LogP contribution is 2.09. The monoisotopic (exact) mass is 270 g/mol. The van der Waals surface area contributed by atoms with Crippen LogP contribution in [0.4, 0.5) is 4.39 Å². The number of halogens is 1. The molecule has 0 bridgehead atoms. The molecule has 100 valence electrons. The van der Waals surface area contributed by atoms with Crippen LogP contribution in [0.25, 0.3) is 0 Å². The molecule has 5 heteroatoms. The van der Waals surface area contributed by atoms with Gasteiger partial charge in [-0.3, -0.25) is 9.78 Å². The second-order valence-electron chi connectivity index (χ2n) is 4.38. The highest BCUT2D eigenvalue weighted by atomic mass is 32.2. The van der Waals surface area contributed by atoms with Gasteiger partial charge in [0, 0.05) is 24.8 Å². The first kappa shape index (κ1) is 15.1. The molecule has 0 aromatic carbocycles. The maximum absolute atomic E-state index is 12.7. The van der Waals surface area contributed by atoms with Crippen molar-refractivity contribution in [3.63, 3.8) is 0 Å². The first-order valence-electron chi connectivity index (χ1n) is 5.88. The van der Waals surface area contributed by atoms with Gasteiger partial charge in [0.1, 0.15) is 11.5 Å². The molecular weight excluding hydrogens is 251 g/mol. The van der Waals surface area contributed by atoms with Crippen LogP contribution in [-0.4, -0.2) is 47.8 Å². The van der Waals surface area contributed by atoms with Gasteiger partial charge in [-0.2, -0.15) is 11.8 Å². The highest BCUT2D eigenvalue weighted by molar-refractivity contribution is 7.98. The van der Waals surface area contributed by atoms with E-state index in [-0.39, 0.29) is 11.7 Å². The highest BCUT2D eigenvalue weighted by Gasteiger charge is 2.18. The van der Waals surface area contributed by atoms with Crippen molar-refractivity contribution >= 4 is 17.5 Å². The lowest BCUT2D eigenvalue weighted by Crippen LogP contribution is -2.30. The Bertz CT molecular complexity index is 383. The molecule has 1 aromatic heterocycles. The Hall–Kier alpha value is -0.940. The molecule has 1 rings (SSSR count). The summed E-state index contributed by atoms with van der Waals surface area (Å²) in [6.07, 6.45) is 3.14. The summed E-state index contributed by atoms with van der Waals surface area (Å²) in [4.78, 5) is 18.0. The second-order valence-corrected chi connectivity index (χ2v) is 5.37. The average Bonchev–Trinajstić information content (AvgIpc) is 2.36. The molecule has 0 radical (unpaired) electrons.